The zero-order valence-electron chi connectivity index (χ0n) is 8.79. The minimum absolute atomic E-state index is 0.129. The number of nitrogens with one attached hydrogen (secondary N) is 1. The lowest BCUT2D eigenvalue weighted by atomic mass is 10.2. The molecular weight excluding hydrogens is 291 g/mol. The Balaban J connectivity index is 2.61. The molecule has 17 heavy (non-hydrogen) atoms. The summed E-state index contributed by atoms with van der Waals surface area (Å²) >= 11 is 3.03. The highest BCUT2D eigenvalue weighted by molar-refractivity contribution is 9.10. The fraction of sp³-hybridized carbons (Fsp3) is 0.0909. The van der Waals surface area contributed by atoms with Crippen LogP contribution < -0.4 is 5.56 Å². The number of aromatic nitrogens is 2. The first-order chi connectivity index (χ1) is 7.99. The molecule has 0 aliphatic heterocycles. The van der Waals surface area contributed by atoms with Crippen LogP contribution >= 0.6 is 15.9 Å². The molecule has 4 nitrogen and oxygen atoms in total. The van der Waals surface area contributed by atoms with Gasteiger partial charge in [-0.05, 0) is 41.1 Å². The molecule has 0 spiro atoms. The van der Waals surface area contributed by atoms with E-state index >= 15 is 0 Å². The Hall–Kier alpha value is -1.69. The lowest BCUT2D eigenvalue weighted by Gasteiger charge is -2.04. The molecule has 0 unspecified atom stereocenters. The largest absolute Gasteiger partial charge is 0.493 e. The van der Waals surface area contributed by atoms with E-state index in [2.05, 4.69) is 25.9 Å². The zero-order chi connectivity index (χ0) is 12.6. The van der Waals surface area contributed by atoms with E-state index in [0.29, 0.717) is 10.0 Å². The van der Waals surface area contributed by atoms with E-state index in [1.807, 2.05) is 0 Å². The molecule has 0 saturated carbocycles. The molecule has 0 aliphatic carbocycles. The number of aromatic amines is 1. The van der Waals surface area contributed by atoms with E-state index in [0.717, 1.165) is 0 Å². The monoisotopic (exact) mass is 298 g/mol. The summed E-state index contributed by atoms with van der Waals surface area (Å²) in [7, 11) is 0. The second-order valence-electron chi connectivity index (χ2n) is 3.49. The predicted octanol–water partition coefficient (Wildman–Crippen LogP) is 2.35. The molecule has 1 heterocycles. The molecule has 88 valence electrons. The second kappa shape index (κ2) is 4.29. The third kappa shape index (κ3) is 2.21. The van der Waals surface area contributed by atoms with Crippen LogP contribution in [-0.2, 0) is 0 Å². The minimum Gasteiger partial charge on any atom is -0.493 e. The Labute approximate surface area is 104 Å². The first-order valence-electron chi connectivity index (χ1n) is 4.74. The van der Waals surface area contributed by atoms with Gasteiger partial charge < -0.3 is 10.1 Å². The van der Waals surface area contributed by atoms with Gasteiger partial charge in [-0.3, -0.25) is 4.79 Å². The average molecular weight is 299 g/mol. The van der Waals surface area contributed by atoms with Gasteiger partial charge in [0, 0.05) is 5.56 Å². The summed E-state index contributed by atoms with van der Waals surface area (Å²) in [6.45, 7) is 1.45. The number of nitrogens with zero attached hydrogens (tertiary/aromatic N) is 1. The van der Waals surface area contributed by atoms with Crippen LogP contribution in [0.1, 0.15) is 5.56 Å². The quantitative estimate of drug-likeness (QED) is 0.849. The van der Waals surface area contributed by atoms with E-state index in [1.54, 1.807) is 6.07 Å². The van der Waals surface area contributed by atoms with E-state index in [4.69, 9.17) is 0 Å². The van der Waals surface area contributed by atoms with Gasteiger partial charge in [-0.25, -0.2) is 4.39 Å². The van der Waals surface area contributed by atoms with Gasteiger partial charge in [-0.15, -0.1) is 0 Å². The summed E-state index contributed by atoms with van der Waals surface area (Å²) in [6.07, 6.45) is 0. The van der Waals surface area contributed by atoms with Crippen molar-refractivity contribution in [3.63, 3.8) is 0 Å². The van der Waals surface area contributed by atoms with Crippen LogP contribution in [0.3, 0.4) is 0 Å². The normalized spacial score (nSPS) is 10.5. The molecule has 0 aliphatic rings. The zero-order valence-corrected chi connectivity index (χ0v) is 10.4. The van der Waals surface area contributed by atoms with Gasteiger partial charge in [0.2, 0.25) is 5.88 Å². The number of hydrogen-bond acceptors (Lipinski definition) is 3. The molecule has 2 aromatic rings. The second-order valence-corrected chi connectivity index (χ2v) is 4.35. The van der Waals surface area contributed by atoms with E-state index in [-0.39, 0.29) is 17.3 Å². The summed E-state index contributed by atoms with van der Waals surface area (Å²) in [5.74, 6) is -0.693. The number of halogens is 2. The smallest absolute Gasteiger partial charge is 0.257 e. The Morgan fingerprint density at radius 2 is 2.18 bits per heavy atom. The van der Waals surface area contributed by atoms with Crippen molar-refractivity contribution in [1.82, 2.24) is 9.97 Å². The van der Waals surface area contributed by atoms with Crippen molar-refractivity contribution in [3.05, 3.63) is 44.4 Å². The highest BCUT2D eigenvalue weighted by atomic mass is 79.9. The van der Waals surface area contributed by atoms with Gasteiger partial charge in [-0.1, -0.05) is 0 Å². The van der Waals surface area contributed by atoms with Crippen molar-refractivity contribution in [2.75, 3.05) is 0 Å². The number of aromatic hydroxyl groups is 1. The first kappa shape index (κ1) is 11.8. The average Bonchev–Trinajstić information content (AvgIpc) is 2.29. The van der Waals surface area contributed by atoms with E-state index < -0.39 is 11.4 Å². The molecule has 1 aromatic heterocycles. The molecule has 1 aromatic carbocycles. The van der Waals surface area contributed by atoms with Gasteiger partial charge in [0.1, 0.15) is 11.6 Å². The van der Waals surface area contributed by atoms with Crippen LogP contribution in [0.25, 0.3) is 11.4 Å². The van der Waals surface area contributed by atoms with Gasteiger partial charge in [0.25, 0.3) is 5.56 Å². The lowest BCUT2D eigenvalue weighted by Crippen LogP contribution is -2.12. The molecular formula is C11H8BrFN2O2. The molecule has 0 radical (unpaired) electrons. The predicted molar refractivity (Wildman–Crippen MR) is 64.4 cm³/mol. The molecule has 0 bridgehead atoms. The van der Waals surface area contributed by atoms with E-state index in [1.165, 1.54) is 19.1 Å². The topological polar surface area (TPSA) is 66.0 Å². The van der Waals surface area contributed by atoms with Crippen LogP contribution in [-0.4, -0.2) is 15.1 Å². The number of hydrogen-bond donors (Lipinski definition) is 2. The third-order valence-electron chi connectivity index (χ3n) is 2.32. The summed E-state index contributed by atoms with van der Waals surface area (Å²) in [4.78, 5) is 17.7. The standard InChI is InChI=1S/C11H8BrFN2O2/c1-5-10(16)14-9(15-11(5)17)6-2-3-7(12)8(13)4-6/h2-4H,1H3,(H2,14,15,16,17). The molecule has 0 amide bonds. The van der Waals surface area contributed by atoms with Crippen LogP contribution in [0.2, 0.25) is 0 Å². The fourth-order valence-electron chi connectivity index (χ4n) is 1.30. The maximum absolute atomic E-state index is 13.3. The van der Waals surface area contributed by atoms with E-state index in [9.17, 15) is 14.3 Å². The van der Waals surface area contributed by atoms with Crippen LogP contribution in [0.4, 0.5) is 4.39 Å². The lowest BCUT2D eigenvalue weighted by molar-refractivity contribution is 0.447. The van der Waals surface area contributed by atoms with Crippen molar-refractivity contribution in [1.29, 1.82) is 0 Å². The Bertz CT molecular complexity index is 640. The van der Waals surface area contributed by atoms with Crippen molar-refractivity contribution in [2.45, 2.75) is 6.92 Å². The van der Waals surface area contributed by atoms with Crippen LogP contribution in [0.15, 0.2) is 27.5 Å². The fourth-order valence-corrected chi connectivity index (χ4v) is 1.55. The third-order valence-corrected chi connectivity index (χ3v) is 2.96. The highest BCUT2D eigenvalue weighted by Crippen LogP contribution is 2.22. The van der Waals surface area contributed by atoms with Gasteiger partial charge in [-0.2, -0.15) is 4.98 Å². The number of H-pyrrole nitrogens is 1. The van der Waals surface area contributed by atoms with Crippen molar-refractivity contribution in [2.24, 2.45) is 0 Å². The van der Waals surface area contributed by atoms with Crippen molar-refractivity contribution >= 4 is 15.9 Å². The molecule has 2 rings (SSSR count). The summed E-state index contributed by atoms with van der Waals surface area (Å²) in [5.41, 5.74) is 0.0697. The Kier molecular flexibility index (Phi) is 2.97. The molecule has 2 N–H and O–H groups in total. The summed E-state index contributed by atoms with van der Waals surface area (Å²) in [5, 5.41) is 9.43. The molecule has 0 saturated heterocycles. The van der Waals surface area contributed by atoms with Crippen molar-refractivity contribution < 1.29 is 9.50 Å². The van der Waals surface area contributed by atoms with Gasteiger partial charge in [0.05, 0.1) is 10.0 Å². The molecule has 6 heteroatoms. The van der Waals surface area contributed by atoms with Gasteiger partial charge >= 0.3 is 0 Å². The minimum atomic E-state index is -0.467. The number of rotatable bonds is 1. The number of benzene rings is 1. The van der Waals surface area contributed by atoms with Gasteiger partial charge in [0.15, 0.2) is 0 Å². The maximum Gasteiger partial charge on any atom is 0.257 e. The van der Waals surface area contributed by atoms with Crippen LogP contribution in [0, 0.1) is 12.7 Å². The summed E-state index contributed by atoms with van der Waals surface area (Å²) in [6, 6.07) is 4.30. The summed E-state index contributed by atoms with van der Waals surface area (Å²) < 4.78 is 13.6. The SMILES string of the molecule is Cc1c(O)nc(-c2ccc(Br)c(F)c2)[nH]c1=O. The highest BCUT2D eigenvalue weighted by Gasteiger charge is 2.09. The molecule has 0 atom stereocenters. The Morgan fingerprint density at radius 1 is 1.47 bits per heavy atom. The maximum atomic E-state index is 13.3. The molecule has 0 fully saturated rings. The Morgan fingerprint density at radius 3 is 2.76 bits per heavy atom. The van der Waals surface area contributed by atoms with Crippen molar-refractivity contribution in [3.8, 4) is 17.3 Å². The van der Waals surface area contributed by atoms with Crippen LogP contribution in [0.5, 0.6) is 5.88 Å². The first-order valence-corrected chi connectivity index (χ1v) is 5.53.